The average molecular weight is 172 g/mol. The average Bonchev–Trinajstić information content (AvgIpc) is 2.60. The fraction of sp³-hybridized carbons (Fsp3) is 0.875. The molecular formula is C8H12O4. The van der Waals surface area contributed by atoms with Gasteiger partial charge >= 0.3 is 5.97 Å². The van der Waals surface area contributed by atoms with Crippen LogP contribution < -0.4 is 0 Å². The van der Waals surface area contributed by atoms with E-state index in [1.807, 2.05) is 0 Å². The van der Waals surface area contributed by atoms with E-state index in [1.165, 1.54) is 0 Å². The van der Waals surface area contributed by atoms with Crippen molar-refractivity contribution in [1.29, 1.82) is 0 Å². The normalized spacial score (nSPS) is 38.8. The predicted octanol–water partition coefficient (Wildman–Crippen LogP) is 0.407. The van der Waals surface area contributed by atoms with Gasteiger partial charge in [0, 0.05) is 6.42 Å². The molecular weight excluding hydrogens is 160 g/mol. The second-order valence-electron chi connectivity index (χ2n) is 3.35. The highest BCUT2D eigenvalue weighted by molar-refractivity contribution is 5.68. The Morgan fingerprint density at radius 3 is 2.92 bits per heavy atom. The Hall–Kier alpha value is -0.610. The maximum absolute atomic E-state index is 10.2. The summed E-state index contributed by atoms with van der Waals surface area (Å²) in [6.45, 7) is -0.197. The molecule has 1 N–H and O–H groups in total. The molecule has 4 nitrogen and oxygen atoms in total. The minimum absolute atomic E-state index is 0.0276. The first kappa shape index (κ1) is 8.01. The van der Waals surface area contributed by atoms with E-state index in [9.17, 15) is 4.79 Å². The lowest BCUT2D eigenvalue weighted by Crippen LogP contribution is -2.27. The molecule has 12 heavy (non-hydrogen) atoms. The molecule has 0 amide bonds. The number of hydrogen-bond donors (Lipinski definition) is 1. The second-order valence-corrected chi connectivity index (χ2v) is 3.35. The smallest absolute Gasteiger partial charge is 0.329 e. The maximum Gasteiger partial charge on any atom is 0.329 e. The van der Waals surface area contributed by atoms with Crippen LogP contribution in [0.25, 0.3) is 0 Å². The van der Waals surface area contributed by atoms with E-state index in [0.29, 0.717) is 6.10 Å². The van der Waals surface area contributed by atoms with Crippen molar-refractivity contribution in [2.24, 2.45) is 0 Å². The Balaban J connectivity index is 1.79. The van der Waals surface area contributed by atoms with E-state index in [0.717, 1.165) is 19.3 Å². The van der Waals surface area contributed by atoms with Crippen LogP contribution in [0.5, 0.6) is 0 Å². The van der Waals surface area contributed by atoms with Crippen molar-refractivity contribution >= 4 is 5.97 Å². The molecule has 2 heterocycles. The van der Waals surface area contributed by atoms with Crippen LogP contribution >= 0.6 is 0 Å². The van der Waals surface area contributed by atoms with Gasteiger partial charge in [-0.05, 0) is 12.8 Å². The minimum Gasteiger partial charge on any atom is -0.480 e. The van der Waals surface area contributed by atoms with Gasteiger partial charge in [0.15, 0.2) is 0 Å². The predicted molar refractivity (Wildman–Crippen MR) is 39.9 cm³/mol. The number of ether oxygens (including phenoxy) is 2. The summed E-state index contributed by atoms with van der Waals surface area (Å²) in [5.74, 6) is -0.905. The summed E-state index contributed by atoms with van der Waals surface area (Å²) < 4.78 is 10.7. The summed E-state index contributed by atoms with van der Waals surface area (Å²) >= 11 is 0. The molecule has 0 aliphatic carbocycles. The first-order chi connectivity index (χ1) is 5.75. The van der Waals surface area contributed by atoms with Gasteiger partial charge < -0.3 is 14.6 Å². The van der Waals surface area contributed by atoms with E-state index < -0.39 is 5.97 Å². The van der Waals surface area contributed by atoms with Crippen molar-refractivity contribution < 1.29 is 19.4 Å². The molecule has 2 aliphatic heterocycles. The summed E-state index contributed by atoms with van der Waals surface area (Å²) in [6.07, 6.45) is 3.52. The molecule has 0 saturated carbocycles. The molecule has 2 bridgehead atoms. The third-order valence-electron chi connectivity index (χ3n) is 2.47. The number of rotatable bonds is 3. The van der Waals surface area contributed by atoms with Crippen molar-refractivity contribution in [3.8, 4) is 0 Å². The number of carboxylic acid groups (broad SMARTS) is 1. The largest absolute Gasteiger partial charge is 0.480 e. The number of carboxylic acids is 1. The van der Waals surface area contributed by atoms with E-state index in [2.05, 4.69) is 0 Å². The molecule has 2 aliphatic rings. The van der Waals surface area contributed by atoms with Gasteiger partial charge in [-0.15, -0.1) is 0 Å². The third kappa shape index (κ3) is 1.44. The minimum atomic E-state index is -0.905. The van der Waals surface area contributed by atoms with Gasteiger partial charge in [-0.25, -0.2) is 4.79 Å². The van der Waals surface area contributed by atoms with Crippen LogP contribution in [0.15, 0.2) is 0 Å². The van der Waals surface area contributed by atoms with Gasteiger partial charge in [-0.3, -0.25) is 0 Å². The molecule has 0 radical (unpaired) electrons. The molecule has 4 heteroatoms. The zero-order valence-electron chi connectivity index (χ0n) is 6.73. The van der Waals surface area contributed by atoms with Crippen LogP contribution in [0.4, 0.5) is 0 Å². The quantitative estimate of drug-likeness (QED) is 0.669. The molecule has 3 unspecified atom stereocenters. The molecule has 0 aromatic rings. The van der Waals surface area contributed by atoms with Crippen molar-refractivity contribution in [3.05, 3.63) is 0 Å². The van der Waals surface area contributed by atoms with E-state index in [1.54, 1.807) is 0 Å². The van der Waals surface area contributed by atoms with E-state index >= 15 is 0 Å². The molecule has 0 aromatic heterocycles. The molecule has 2 saturated heterocycles. The van der Waals surface area contributed by atoms with Crippen LogP contribution in [0, 0.1) is 0 Å². The Morgan fingerprint density at radius 1 is 1.58 bits per heavy atom. The molecule has 68 valence electrons. The van der Waals surface area contributed by atoms with Crippen LogP contribution in [0.2, 0.25) is 0 Å². The van der Waals surface area contributed by atoms with Gasteiger partial charge in [0.2, 0.25) is 0 Å². The topological polar surface area (TPSA) is 55.8 Å². The van der Waals surface area contributed by atoms with Crippen molar-refractivity contribution in [1.82, 2.24) is 0 Å². The van der Waals surface area contributed by atoms with Crippen LogP contribution in [-0.2, 0) is 14.3 Å². The standard InChI is InChI=1S/C8H12O4/c9-8(10)4-11-7-3-5-1-2-6(7)12-5/h5-7H,1-4H2,(H,9,10). The third-order valence-corrected chi connectivity index (χ3v) is 2.47. The van der Waals surface area contributed by atoms with E-state index in [4.69, 9.17) is 14.6 Å². The van der Waals surface area contributed by atoms with Crippen LogP contribution in [0.3, 0.4) is 0 Å². The molecule has 2 rings (SSSR count). The van der Waals surface area contributed by atoms with Crippen molar-refractivity contribution in [3.63, 3.8) is 0 Å². The first-order valence-corrected chi connectivity index (χ1v) is 4.24. The zero-order valence-corrected chi connectivity index (χ0v) is 6.73. The fourth-order valence-corrected chi connectivity index (χ4v) is 1.94. The molecule has 3 atom stereocenters. The second kappa shape index (κ2) is 3.03. The number of fused-ring (bicyclic) bond motifs is 2. The summed E-state index contributed by atoms with van der Waals surface area (Å²) in [5.41, 5.74) is 0. The van der Waals surface area contributed by atoms with Gasteiger partial charge in [-0.1, -0.05) is 0 Å². The van der Waals surface area contributed by atoms with Gasteiger partial charge in [0.1, 0.15) is 6.61 Å². The summed E-state index contributed by atoms with van der Waals surface area (Å²) in [5, 5.41) is 8.38. The lowest BCUT2D eigenvalue weighted by Gasteiger charge is -2.17. The summed E-state index contributed by atoms with van der Waals surface area (Å²) in [7, 11) is 0. The molecule has 0 aromatic carbocycles. The monoisotopic (exact) mass is 172 g/mol. The van der Waals surface area contributed by atoms with Crippen LogP contribution in [0.1, 0.15) is 19.3 Å². The van der Waals surface area contributed by atoms with Crippen molar-refractivity contribution in [2.45, 2.75) is 37.6 Å². The Bertz CT molecular complexity index is 191. The van der Waals surface area contributed by atoms with Gasteiger partial charge in [0.25, 0.3) is 0 Å². The summed E-state index contributed by atoms with van der Waals surface area (Å²) in [4.78, 5) is 10.2. The molecule has 0 spiro atoms. The lowest BCUT2D eigenvalue weighted by atomic mass is 9.98. The van der Waals surface area contributed by atoms with Crippen LogP contribution in [-0.4, -0.2) is 36.0 Å². The maximum atomic E-state index is 10.2. The van der Waals surface area contributed by atoms with Gasteiger partial charge in [-0.2, -0.15) is 0 Å². The number of carbonyl (C=O) groups is 1. The first-order valence-electron chi connectivity index (χ1n) is 4.24. The van der Waals surface area contributed by atoms with Crippen molar-refractivity contribution in [2.75, 3.05) is 6.61 Å². The molecule has 2 fully saturated rings. The summed E-state index contributed by atoms with van der Waals surface area (Å²) in [6, 6.07) is 0. The fourth-order valence-electron chi connectivity index (χ4n) is 1.94. The Morgan fingerprint density at radius 2 is 2.42 bits per heavy atom. The van der Waals surface area contributed by atoms with E-state index in [-0.39, 0.29) is 18.8 Å². The lowest BCUT2D eigenvalue weighted by molar-refractivity contribution is -0.145. The van der Waals surface area contributed by atoms with Gasteiger partial charge in [0.05, 0.1) is 18.3 Å². The highest BCUT2D eigenvalue weighted by Gasteiger charge is 2.41. The number of aliphatic carboxylic acids is 1. The highest BCUT2D eigenvalue weighted by Crippen LogP contribution is 2.35. The number of hydrogen-bond acceptors (Lipinski definition) is 3. The Labute approximate surface area is 70.5 Å². The highest BCUT2D eigenvalue weighted by atomic mass is 16.6. The zero-order chi connectivity index (χ0) is 8.55. The Kier molecular flexibility index (Phi) is 2.02. The SMILES string of the molecule is O=C(O)COC1CC2CCC1O2.